The second kappa shape index (κ2) is 7.46. The highest BCUT2D eigenvalue weighted by molar-refractivity contribution is 7.89. The van der Waals surface area contributed by atoms with Gasteiger partial charge in [-0.15, -0.1) is 0 Å². The molecule has 1 heterocycles. The molecular formula is C19H30N2O3S. The molecule has 0 aromatic heterocycles. The SMILES string of the molecule is Cc1cc(C)c(C)c(S(=O)(=O)NC(C)C(=O)N2CCCCC2C)c1C. The molecule has 2 atom stereocenters. The van der Waals surface area contributed by atoms with Crippen molar-refractivity contribution in [2.75, 3.05) is 6.54 Å². The molecule has 2 unspecified atom stereocenters. The lowest BCUT2D eigenvalue weighted by molar-refractivity contribution is -0.135. The zero-order valence-electron chi connectivity index (χ0n) is 16.1. The van der Waals surface area contributed by atoms with E-state index in [0.717, 1.165) is 41.5 Å². The minimum Gasteiger partial charge on any atom is -0.339 e. The van der Waals surface area contributed by atoms with Crippen molar-refractivity contribution in [3.8, 4) is 0 Å². The Morgan fingerprint density at radius 1 is 1.16 bits per heavy atom. The Balaban J connectivity index is 2.28. The van der Waals surface area contributed by atoms with Crippen LogP contribution in [0.4, 0.5) is 0 Å². The van der Waals surface area contributed by atoms with Gasteiger partial charge < -0.3 is 4.90 Å². The van der Waals surface area contributed by atoms with Gasteiger partial charge in [0.1, 0.15) is 0 Å². The first-order valence-corrected chi connectivity index (χ1v) is 10.4. The van der Waals surface area contributed by atoms with Gasteiger partial charge in [0.25, 0.3) is 0 Å². The number of aryl methyl sites for hydroxylation is 2. The molecule has 1 aromatic rings. The number of hydrogen-bond donors (Lipinski definition) is 1. The third-order valence-corrected chi connectivity index (χ3v) is 7.17. The lowest BCUT2D eigenvalue weighted by atomic mass is 10.0. The van der Waals surface area contributed by atoms with Crippen molar-refractivity contribution >= 4 is 15.9 Å². The number of carbonyl (C=O) groups is 1. The van der Waals surface area contributed by atoms with Crippen LogP contribution in [0.2, 0.25) is 0 Å². The van der Waals surface area contributed by atoms with Crippen LogP contribution in [0.25, 0.3) is 0 Å². The smallest absolute Gasteiger partial charge is 0.241 e. The molecule has 0 aliphatic carbocycles. The Bertz CT molecular complexity index is 745. The fourth-order valence-corrected chi connectivity index (χ4v) is 5.41. The van der Waals surface area contributed by atoms with Crippen LogP contribution < -0.4 is 4.72 Å². The molecule has 140 valence electrons. The van der Waals surface area contributed by atoms with E-state index in [1.165, 1.54) is 0 Å². The molecule has 6 heteroatoms. The van der Waals surface area contributed by atoms with Crippen LogP contribution in [0, 0.1) is 27.7 Å². The Kier molecular flexibility index (Phi) is 5.94. The van der Waals surface area contributed by atoms with Gasteiger partial charge in [-0.2, -0.15) is 4.72 Å². The quantitative estimate of drug-likeness (QED) is 0.891. The normalized spacial score (nSPS) is 19.8. The monoisotopic (exact) mass is 366 g/mol. The van der Waals surface area contributed by atoms with Crippen LogP contribution >= 0.6 is 0 Å². The van der Waals surface area contributed by atoms with Crippen LogP contribution in [0.15, 0.2) is 11.0 Å². The summed E-state index contributed by atoms with van der Waals surface area (Å²) in [5.74, 6) is -0.143. The van der Waals surface area contributed by atoms with Gasteiger partial charge in [-0.1, -0.05) is 6.07 Å². The molecule has 2 rings (SSSR count). The molecule has 1 amide bonds. The number of rotatable bonds is 4. The number of nitrogens with zero attached hydrogens (tertiary/aromatic N) is 1. The molecule has 0 saturated carbocycles. The largest absolute Gasteiger partial charge is 0.339 e. The summed E-state index contributed by atoms with van der Waals surface area (Å²) in [5.41, 5.74) is 3.35. The highest BCUT2D eigenvalue weighted by Gasteiger charge is 2.31. The maximum Gasteiger partial charge on any atom is 0.241 e. The second-order valence-electron chi connectivity index (χ2n) is 7.31. The number of amides is 1. The van der Waals surface area contributed by atoms with Crippen molar-refractivity contribution in [1.29, 1.82) is 0 Å². The van der Waals surface area contributed by atoms with Gasteiger partial charge in [0, 0.05) is 12.6 Å². The Labute approximate surface area is 151 Å². The van der Waals surface area contributed by atoms with E-state index in [2.05, 4.69) is 4.72 Å². The number of piperidine rings is 1. The lowest BCUT2D eigenvalue weighted by Crippen LogP contribution is -2.51. The number of likely N-dealkylation sites (tertiary alicyclic amines) is 1. The summed E-state index contributed by atoms with van der Waals surface area (Å²) in [6.07, 6.45) is 3.07. The van der Waals surface area contributed by atoms with Gasteiger partial charge in [-0.3, -0.25) is 4.79 Å². The van der Waals surface area contributed by atoms with Gasteiger partial charge in [-0.05, 0) is 83.1 Å². The van der Waals surface area contributed by atoms with E-state index in [1.807, 2.05) is 40.7 Å². The number of sulfonamides is 1. The van der Waals surface area contributed by atoms with Gasteiger partial charge >= 0.3 is 0 Å². The van der Waals surface area contributed by atoms with E-state index in [4.69, 9.17) is 0 Å². The summed E-state index contributed by atoms with van der Waals surface area (Å²) in [6, 6.07) is 1.39. The number of carbonyl (C=O) groups excluding carboxylic acids is 1. The number of hydrogen-bond acceptors (Lipinski definition) is 3. The Morgan fingerprint density at radius 2 is 1.72 bits per heavy atom. The molecule has 1 N–H and O–H groups in total. The topological polar surface area (TPSA) is 66.5 Å². The molecule has 1 aromatic carbocycles. The first-order valence-electron chi connectivity index (χ1n) is 8.96. The molecule has 1 aliphatic rings. The minimum atomic E-state index is -3.76. The van der Waals surface area contributed by atoms with Crippen molar-refractivity contribution < 1.29 is 13.2 Å². The van der Waals surface area contributed by atoms with E-state index in [0.29, 0.717) is 11.4 Å². The molecule has 0 spiro atoms. The molecular weight excluding hydrogens is 336 g/mol. The van der Waals surface area contributed by atoms with Gasteiger partial charge in [-0.25, -0.2) is 8.42 Å². The summed E-state index contributed by atoms with van der Waals surface area (Å²) >= 11 is 0. The standard InChI is InChI=1S/C19H30N2O3S/c1-12-11-13(2)16(5)18(15(12)4)25(23,24)20-17(6)19(22)21-10-8-7-9-14(21)3/h11,14,17,20H,7-10H2,1-6H3. The first-order chi connectivity index (χ1) is 11.6. The summed E-state index contributed by atoms with van der Waals surface area (Å²) in [6.45, 7) is 11.8. The van der Waals surface area contributed by atoms with Gasteiger partial charge in [0.15, 0.2) is 0 Å². The maximum absolute atomic E-state index is 13.0. The lowest BCUT2D eigenvalue weighted by Gasteiger charge is -2.35. The molecule has 5 nitrogen and oxygen atoms in total. The predicted octanol–water partition coefficient (Wildman–Crippen LogP) is 2.99. The zero-order valence-corrected chi connectivity index (χ0v) is 17.0. The van der Waals surface area contributed by atoms with Crippen LogP contribution in [-0.4, -0.2) is 37.9 Å². The summed E-state index contributed by atoms with van der Waals surface area (Å²) in [5, 5.41) is 0. The number of benzene rings is 1. The van der Waals surface area contributed by atoms with Gasteiger partial charge in [0.2, 0.25) is 15.9 Å². The minimum absolute atomic E-state index is 0.143. The van der Waals surface area contributed by atoms with Crippen molar-refractivity contribution in [3.63, 3.8) is 0 Å². The molecule has 0 radical (unpaired) electrons. The first kappa shape index (κ1) is 19.9. The van der Waals surface area contributed by atoms with Crippen LogP contribution in [-0.2, 0) is 14.8 Å². The van der Waals surface area contributed by atoms with E-state index < -0.39 is 16.1 Å². The third-order valence-electron chi connectivity index (χ3n) is 5.35. The molecule has 0 bridgehead atoms. The van der Waals surface area contributed by atoms with Crippen molar-refractivity contribution in [1.82, 2.24) is 9.62 Å². The fourth-order valence-electron chi connectivity index (χ4n) is 3.60. The Hall–Kier alpha value is -1.40. The average Bonchev–Trinajstić information content (AvgIpc) is 2.52. The van der Waals surface area contributed by atoms with E-state index >= 15 is 0 Å². The highest BCUT2D eigenvalue weighted by atomic mass is 32.2. The number of nitrogens with one attached hydrogen (secondary N) is 1. The van der Waals surface area contributed by atoms with Crippen LogP contribution in [0.1, 0.15) is 55.4 Å². The third kappa shape index (κ3) is 4.06. The maximum atomic E-state index is 13.0. The summed E-state index contributed by atoms with van der Waals surface area (Å²) in [7, 11) is -3.76. The summed E-state index contributed by atoms with van der Waals surface area (Å²) in [4.78, 5) is 14.8. The zero-order chi connectivity index (χ0) is 18.9. The highest BCUT2D eigenvalue weighted by Crippen LogP contribution is 2.26. The van der Waals surface area contributed by atoms with Crippen molar-refractivity contribution in [2.45, 2.75) is 77.8 Å². The average molecular weight is 367 g/mol. The van der Waals surface area contributed by atoms with Gasteiger partial charge in [0.05, 0.1) is 10.9 Å². The fraction of sp³-hybridized carbons (Fsp3) is 0.632. The molecule has 25 heavy (non-hydrogen) atoms. The van der Waals surface area contributed by atoms with Crippen LogP contribution in [0.3, 0.4) is 0 Å². The van der Waals surface area contributed by atoms with Crippen molar-refractivity contribution in [2.24, 2.45) is 0 Å². The van der Waals surface area contributed by atoms with Crippen molar-refractivity contribution in [3.05, 3.63) is 28.3 Å². The summed E-state index contributed by atoms with van der Waals surface area (Å²) < 4.78 is 28.6. The van der Waals surface area contributed by atoms with Crippen LogP contribution in [0.5, 0.6) is 0 Å². The molecule has 1 saturated heterocycles. The second-order valence-corrected chi connectivity index (χ2v) is 8.96. The van der Waals surface area contributed by atoms with E-state index in [-0.39, 0.29) is 11.9 Å². The molecule has 1 aliphatic heterocycles. The molecule has 1 fully saturated rings. The Morgan fingerprint density at radius 3 is 2.24 bits per heavy atom. The predicted molar refractivity (Wildman–Crippen MR) is 100 cm³/mol. The van der Waals surface area contributed by atoms with E-state index in [1.54, 1.807) is 11.8 Å². The van der Waals surface area contributed by atoms with E-state index in [9.17, 15) is 13.2 Å².